The van der Waals surface area contributed by atoms with Gasteiger partial charge in [-0.15, -0.1) is 0 Å². The second-order valence-electron chi connectivity index (χ2n) is 4.46. The number of nitrogens with zero attached hydrogens (tertiary/aromatic N) is 2. The van der Waals surface area contributed by atoms with Crippen molar-refractivity contribution in [2.75, 3.05) is 6.61 Å². The van der Waals surface area contributed by atoms with Gasteiger partial charge in [0.1, 0.15) is 5.82 Å². The Morgan fingerprint density at radius 2 is 2.18 bits per heavy atom. The van der Waals surface area contributed by atoms with Gasteiger partial charge in [0.05, 0.1) is 17.6 Å². The molecule has 92 valence electrons. The smallest absolute Gasteiger partial charge is 0.119 e. The van der Waals surface area contributed by atoms with Crippen molar-refractivity contribution in [3.8, 4) is 0 Å². The largest absolute Gasteiger partial charge is 0.395 e. The summed E-state index contributed by atoms with van der Waals surface area (Å²) in [6.45, 7) is 5.04. The maximum Gasteiger partial charge on any atom is 0.119 e. The number of fused-ring (bicyclic) bond motifs is 1. The molecule has 1 heterocycles. The van der Waals surface area contributed by atoms with Crippen LogP contribution in [0.3, 0.4) is 0 Å². The molecule has 0 fully saturated rings. The Morgan fingerprint density at radius 3 is 2.76 bits per heavy atom. The van der Waals surface area contributed by atoms with Crippen LogP contribution in [0.5, 0.6) is 0 Å². The molecule has 2 aromatic rings. The molecule has 1 aromatic carbocycles. The summed E-state index contributed by atoms with van der Waals surface area (Å²) in [5, 5.41) is 9.09. The van der Waals surface area contributed by atoms with Crippen LogP contribution in [0.15, 0.2) is 18.2 Å². The predicted octanol–water partition coefficient (Wildman–Crippen LogP) is 2.58. The van der Waals surface area contributed by atoms with Crippen LogP contribution in [-0.2, 0) is 12.3 Å². The molecule has 0 unspecified atom stereocenters. The first-order chi connectivity index (χ1) is 8.17. The summed E-state index contributed by atoms with van der Waals surface area (Å²) in [5.74, 6) is 2.01. The minimum absolute atomic E-state index is 0.123. The van der Waals surface area contributed by atoms with Crippen molar-refractivity contribution >= 4 is 23.7 Å². The van der Waals surface area contributed by atoms with Crippen molar-refractivity contribution in [3.05, 3.63) is 29.6 Å². The third kappa shape index (κ3) is 2.33. The van der Waals surface area contributed by atoms with Crippen LogP contribution in [0.25, 0.3) is 11.0 Å². The Bertz CT molecular complexity index is 519. The molecule has 4 heteroatoms. The third-order valence-electron chi connectivity index (χ3n) is 2.98. The van der Waals surface area contributed by atoms with Crippen LogP contribution in [0.4, 0.5) is 0 Å². The number of aromatic nitrogens is 2. The SMILES string of the molecule is CC(C)c1ccc2c(c1)nc(CS)n2CCO. The average molecular weight is 250 g/mol. The minimum Gasteiger partial charge on any atom is -0.395 e. The maximum atomic E-state index is 9.09. The molecule has 0 bridgehead atoms. The molecule has 17 heavy (non-hydrogen) atoms. The Labute approximate surface area is 107 Å². The van der Waals surface area contributed by atoms with E-state index in [0.717, 1.165) is 16.9 Å². The van der Waals surface area contributed by atoms with Crippen molar-refractivity contribution < 1.29 is 5.11 Å². The summed E-state index contributed by atoms with van der Waals surface area (Å²) in [4.78, 5) is 4.57. The molecule has 0 amide bonds. The average Bonchev–Trinajstić information content (AvgIpc) is 2.67. The molecule has 0 aliphatic rings. The number of aliphatic hydroxyl groups is 1. The quantitative estimate of drug-likeness (QED) is 0.819. The number of hydrogen-bond acceptors (Lipinski definition) is 3. The molecule has 1 aromatic heterocycles. The molecular weight excluding hydrogens is 232 g/mol. The highest BCUT2D eigenvalue weighted by Crippen LogP contribution is 2.22. The van der Waals surface area contributed by atoms with Crippen LogP contribution >= 0.6 is 12.6 Å². The number of hydrogen-bond donors (Lipinski definition) is 2. The summed E-state index contributed by atoms with van der Waals surface area (Å²) in [5.41, 5.74) is 3.36. The first-order valence-electron chi connectivity index (χ1n) is 5.88. The number of aliphatic hydroxyl groups excluding tert-OH is 1. The highest BCUT2D eigenvalue weighted by Gasteiger charge is 2.10. The van der Waals surface area contributed by atoms with Gasteiger partial charge in [0.25, 0.3) is 0 Å². The maximum absolute atomic E-state index is 9.09. The van der Waals surface area contributed by atoms with Crippen LogP contribution in [0.1, 0.15) is 31.2 Å². The van der Waals surface area contributed by atoms with Crippen molar-refractivity contribution in [2.45, 2.75) is 32.1 Å². The highest BCUT2D eigenvalue weighted by molar-refractivity contribution is 7.79. The van der Waals surface area contributed by atoms with E-state index < -0.39 is 0 Å². The molecule has 3 nitrogen and oxygen atoms in total. The summed E-state index contributed by atoms with van der Waals surface area (Å²) >= 11 is 4.28. The molecule has 0 atom stereocenters. The van der Waals surface area contributed by atoms with Crippen molar-refractivity contribution in [3.63, 3.8) is 0 Å². The van der Waals surface area contributed by atoms with E-state index in [2.05, 4.69) is 49.7 Å². The summed E-state index contributed by atoms with van der Waals surface area (Å²) < 4.78 is 2.03. The van der Waals surface area contributed by atoms with Gasteiger partial charge in [0.15, 0.2) is 0 Å². The minimum atomic E-state index is 0.123. The lowest BCUT2D eigenvalue weighted by Crippen LogP contribution is -2.05. The molecule has 2 rings (SSSR count). The lowest BCUT2D eigenvalue weighted by atomic mass is 10.0. The van der Waals surface area contributed by atoms with E-state index in [1.54, 1.807) is 0 Å². The number of imidazole rings is 1. The first-order valence-corrected chi connectivity index (χ1v) is 6.51. The van der Waals surface area contributed by atoms with Gasteiger partial charge in [-0.1, -0.05) is 19.9 Å². The van der Waals surface area contributed by atoms with Gasteiger partial charge in [-0.3, -0.25) is 0 Å². The molecule has 0 aliphatic heterocycles. The van der Waals surface area contributed by atoms with E-state index in [1.807, 2.05) is 4.57 Å². The molecule has 0 radical (unpaired) electrons. The van der Waals surface area contributed by atoms with E-state index in [-0.39, 0.29) is 6.61 Å². The monoisotopic (exact) mass is 250 g/mol. The van der Waals surface area contributed by atoms with Gasteiger partial charge in [0, 0.05) is 12.3 Å². The fourth-order valence-corrected chi connectivity index (χ4v) is 2.27. The van der Waals surface area contributed by atoms with E-state index in [4.69, 9.17) is 5.11 Å². The molecule has 0 saturated heterocycles. The van der Waals surface area contributed by atoms with Crippen molar-refractivity contribution in [1.29, 1.82) is 0 Å². The number of thiol groups is 1. The molecule has 1 N–H and O–H groups in total. The Balaban J connectivity index is 2.57. The van der Waals surface area contributed by atoms with Crippen LogP contribution in [-0.4, -0.2) is 21.3 Å². The van der Waals surface area contributed by atoms with Crippen LogP contribution < -0.4 is 0 Å². The van der Waals surface area contributed by atoms with E-state index in [1.165, 1.54) is 5.56 Å². The summed E-state index contributed by atoms with van der Waals surface area (Å²) in [6, 6.07) is 6.34. The zero-order valence-corrected chi connectivity index (χ0v) is 11.1. The van der Waals surface area contributed by atoms with E-state index in [9.17, 15) is 0 Å². The number of rotatable bonds is 4. The lowest BCUT2D eigenvalue weighted by Gasteiger charge is -2.07. The van der Waals surface area contributed by atoms with E-state index >= 15 is 0 Å². The Kier molecular flexibility index (Phi) is 3.74. The van der Waals surface area contributed by atoms with Crippen LogP contribution in [0.2, 0.25) is 0 Å². The Morgan fingerprint density at radius 1 is 1.41 bits per heavy atom. The predicted molar refractivity (Wildman–Crippen MR) is 73.6 cm³/mol. The van der Waals surface area contributed by atoms with Crippen LogP contribution in [0, 0.1) is 0 Å². The fourth-order valence-electron chi connectivity index (χ4n) is 2.03. The molecular formula is C13H18N2OS. The second kappa shape index (κ2) is 5.10. The number of benzene rings is 1. The van der Waals surface area contributed by atoms with Gasteiger partial charge in [-0.2, -0.15) is 12.6 Å². The van der Waals surface area contributed by atoms with Gasteiger partial charge >= 0.3 is 0 Å². The zero-order chi connectivity index (χ0) is 12.4. The topological polar surface area (TPSA) is 38.0 Å². The summed E-state index contributed by atoms with van der Waals surface area (Å²) in [7, 11) is 0. The van der Waals surface area contributed by atoms with Gasteiger partial charge in [-0.05, 0) is 23.6 Å². The lowest BCUT2D eigenvalue weighted by molar-refractivity contribution is 0.276. The van der Waals surface area contributed by atoms with Gasteiger partial charge in [-0.25, -0.2) is 4.98 Å². The normalized spacial score (nSPS) is 11.6. The highest BCUT2D eigenvalue weighted by atomic mass is 32.1. The fraction of sp³-hybridized carbons (Fsp3) is 0.462. The summed E-state index contributed by atoms with van der Waals surface area (Å²) in [6.07, 6.45) is 0. The van der Waals surface area contributed by atoms with Gasteiger partial charge in [0.2, 0.25) is 0 Å². The molecule has 0 saturated carbocycles. The first kappa shape index (κ1) is 12.5. The standard InChI is InChI=1S/C13H18N2OS/c1-9(2)10-3-4-12-11(7-10)14-13(8-17)15(12)5-6-16/h3-4,7,9,16-17H,5-6,8H2,1-2H3. The molecule has 0 spiro atoms. The molecule has 0 aliphatic carbocycles. The second-order valence-corrected chi connectivity index (χ2v) is 4.78. The van der Waals surface area contributed by atoms with Crippen molar-refractivity contribution in [2.24, 2.45) is 0 Å². The third-order valence-corrected chi connectivity index (χ3v) is 3.27. The van der Waals surface area contributed by atoms with Gasteiger partial charge < -0.3 is 9.67 Å². The Hall–Kier alpha value is -1.00. The van der Waals surface area contributed by atoms with Crippen molar-refractivity contribution in [1.82, 2.24) is 9.55 Å². The van der Waals surface area contributed by atoms with E-state index in [0.29, 0.717) is 18.2 Å². The zero-order valence-electron chi connectivity index (χ0n) is 10.2.